The number of aromatic nitrogens is 2. The van der Waals surface area contributed by atoms with E-state index in [9.17, 15) is 0 Å². The van der Waals surface area contributed by atoms with Crippen LogP contribution in [0.5, 0.6) is 0 Å². The third-order valence-electron chi connectivity index (χ3n) is 6.73. The summed E-state index contributed by atoms with van der Waals surface area (Å²) in [7, 11) is 0. The van der Waals surface area contributed by atoms with Gasteiger partial charge in [0.05, 0.1) is 5.52 Å². The van der Waals surface area contributed by atoms with Gasteiger partial charge >= 0.3 is 0 Å². The summed E-state index contributed by atoms with van der Waals surface area (Å²) in [6.45, 7) is 8.57. The molecule has 0 spiro atoms. The van der Waals surface area contributed by atoms with Crippen molar-refractivity contribution >= 4 is 34.3 Å². The average Bonchev–Trinajstić information content (AvgIpc) is 2.88. The zero-order valence-electron chi connectivity index (χ0n) is 20.5. The number of benzene rings is 3. The zero-order chi connectivity index (χ0) is 24.2. The van der Waals surface area contributed by atoms with E-state index in [1.54, 1.807) is 0 Å². The molecule has 2 heteroatoms. The third kappa shape index (κ3) is 5.07. The Morgan fingerprint density at radius 2 is 1.77 bits per heavy atom. The van der Waals surface area contributed by atoms with E-state index in [1.807, 2.05) is 18.5 Å². The number of allylic oxidation sites excluding steroid dienone is 2. The maximum absolute atomic E-state index is 4.81. The molecule has 0 saturated carbocycles. The first-order valence-corrected chi connectivity index (χ1v) is 12.2. The van der Waals surface area contributed by atoms with Crippen LogP contribution in [0.2, 0.25) is 0 Å². The monoisotopic (exact) mass is 454 g/mol. The molecule has 2 heterocycles. The van der Waals surface area contributed by atoms with Crippen LogP contribution in [0.15, 0.2) is 96.8 Å². The van der Waals surface area contributed by atoms with Crippen LogP contribution < -0.4 is 10.4 Å². The normalized spacial score (nSPS) is 12.5. The topological polar surface area (TPSA) is 25.8 Å². The van der Waals surface area contributed by atoms with E-state index < -0.39 is 0 Å². The maximum Gasteiger partial charge on any atom is 0.0705 e. The SMILES string of the molecule is C=c1cc(CCc2ccc3ccccc3n2)ccc1=CC(=CC)Cc1cccc2c(C)cncc12. The first-order chi connectivity index (χ1) is 17.1. The van der Waals surface area contributed by atoms with Crippen molar-refractivity contribution in [1.82, 2.24) is 9.97 Å². The zero-order valence-corrected chi connectivity index (χ0v) is 20.5. The second-order valence-corrected chi connectivity index (χ2v) is 9.18. The molecule has 0 fully saturated rings. The smallest absolute Gasteiger partial charge is 0.0705 e. The second-order valence-electron chi connectivity index (χ2n) is 9.18. The Bertz CT molecular complexity index is 1660. The van der Waals surface area contributed by atoms with Crippen molar-refractivity contribution in [2.24, 2.45) is 0 Å². The lowest BCUT2D eigenvalue weighted by atomic mass is 9.97. The van der Waals surface area contributed by atoms with Gasteiger partial charge in [0.1, 0.15) is 0 Å². The van der Waals surface area contributed by atoms with E-state index in [0.29, 0.717) is 0 Å². The van der Waals surface area contributed by atoms with Crippen molar-refractivity contribution in [3.8, 4) is 0 Å². The highest BCUT2D eigenvalue weighted by atomic mass is 14.7. The van der Waals surface area contributed by atoms with Gasteiger partial charge in [0, 0.05) is 28.9 Å². The summed E-state index contributed by atoms with van der Waals surface area (Å²) in [5.74, 6) is 0. The highest BCUT2D eigenvalue weighted by Gasteiger charge is 2.05. The lowest BCUT2D eigenvalue weighted by molar-refractivity contribution is 0.921. The van der Waals surface area contributed by atoms with Crippen molar-refractivity contribution in [2.45, 2.75) is 33.1 Å². The van der Waals surface area contributed by atoms with Crippen LogP contribution in [0.4, 0.5) is 0 Å². The Balaban J connectivity index is 1.34. The summed E-state index contributed by atoms with van der Waals surface area (Å²) in [5.41, 5.74) is 7.26. The van der Waals surface area contributed by atoms with Gasteiger partial charge in [0.2, 0.25) is 0 Å². The summed E-state index contributed by atoms with van der Waals surface area (Å²) < 4.78 is 0. The van der Waals surface area contributed by atoms with Gasteiger partial charge in [-0.1, -0.05) is 79.4 Å². The molecule has 0 atom stereocenters. The molecule has 0 unspecified atom stereocenters. The van der Waals surface area contributed by atoms with E-state index in [-0.39, 0.29) is 0 Å². The van der Waals surface area contributed by atoms with Gasteiger partial charge in [-0.15, -0.1) is 0 Å². The number of hydrogen-bond donors (Lipinski definition) is 0. The molecule has 5 aromatic rings. The van der Waals surface area contributed by atoms with Crippen LogP contribution in [-0.2, 0) is 19.3 Å². The summed E-state index contributed by atoms with van der Waals surface area (Å²) in [6, 6.07) is 25.7. The fourth-order valence-corrected chi connectivity index (χ4v) is 4.69. The lowest BCUT2D eigenvalue weighted by Gasteiger charge is -2.09. The van der Waals surface area contributed by atoms with E-state index >= 15 is 0 Å². The third-order valence-corrected chi connectivity index (χ3v) is 6.73. The van der Waals surface area contributed by atoms with Crippen molar-refractivity contribution in [3.63, 3.8) is 0 Å². The van der Waals surface area contributed by atoms with Gasteiger partial charge in [-0.3, -0.25) is 9.97 Å². The van der Waals surface area contributed by atoms with Gasteiger partial charge < -0.3 is 0 Å². The minimum Gasteiger partial charge on any atom is -0.264 e. The Morgan fingerprint density at radius 1 is 0.886 bits per heavy atom. The minimum absolute atomic E-state index is 0.869. The lowest BCUT2D eigenvalue weighted by Crippen LogP contribution is -2.23. The van der Waals surface area contributed by atoms with E-state index in [4.69, 9.17) is 4.98 Å². The van der Waals surface area contributed by atoms with Gasteiger partial charge in [-0.2, -0.15) is 0 Å². The van der Waals surface area contributed by atoms with Crippen LogP contribution in [0, 0.1) is 6.92 Å². The fourth-order valence-electron chi connectivity index (χ4n) is 4.69. The Labute approximate surface area is 207 Å². The Morgan fingerprint density at radius 3 is 2.63 bits per heavy atom. The standard InChI is InChI=1S/C33H30N2/c1-4-25(20-29-9-7-10-31-24(3)21-34-22-32(29)31)19-28-14-12-26(18-23(28)2)13-16-30-17-15-27-8-5-6-11-33(27)35-30/h4-12,14-15,17-19,21-22H,2,13,16,20H2,1,3H3. The molecule has 172 valence electrons. The van der Waals surface area contributed by atoms with Gasteiger partial charge in [0.15, 0.2) is 0 Å². The molecule has 0 saturated heterocycles. The first-order valence-electron chi connectivity index (χ1n) is 12.2. The number of para-hydroxylation sites is 1. The molecule has 0 aliphatic heterocycles. The van der Waals surface area contributed by atoms with Crippen molar-refractivity contribution in [3.05, 3.63) is 130 Å². The van der Waals surface area contributed by atoms with E-state index in [2.05, 4.69) is 104 Å². The average molecular weight is 455 g/mol. The number of hydrogen-bond acceptors (Lipinski definition) is 2. The Hall–Kier alpha value is -4.04. The molecule has 5 rings (SSSR count). The molecule has 0 aliphatic carbocycles. The maximum atomic E-state index is 4.81. The first kappa shape index (κ1) is 22.7. The van der Waals surface area contributed by atoms with Gasteiger partial charge in [-0.05, 0) is 83.3 Å². The molecular formula is C33H30N2. The minimum atomic E-state index is 0.869. The molecule has 0 amide bonds. The van der Waals surface area contributed by atoms with Gasteiger partial charge in [0.25, 0.3) is 0 Å². The quantitative estimate of drug-likeness (QED) is 0.303. The molecule has 0 N–H and O–H groups in total. The molecule has 0 radical (unpaired) electrons. The number of nitrogens with zero attached hydrogens (tertiary/aromatic N) is 2. The molecule has 3 aromatic carbocycles. The number of fused-ring (bicyclic) bond motifs is 2. The van der Waals surface area contributed by atoms with Crippen LogP contribution in [-0.4, -0.2) is 9.97 Å². The van der Waals surface area contributed by atoms with Crippen molar-refractivity contribution < 1.29 is 0 Å². The molecule has 2 nitrogen and oxygen atoms in total. The number of rotatable bonds is 6. The fraction of sp³-hybridized carbons (Fsp3) is 0.152. The molecular weight excluding hydrogens is 424 g/mol. The van der Waals surface area contributed by atoms with E-state index in [1.165, 1.54) is 43.6 Å². The van der Waals surface area contributed by atoms with Crippen LogP contribution in [0.1, 0.15) is 29.3 Å². The number of pyridine rings is 2. The Kier molecular flexibility index (Phi) is 6.54. The predicted octanol–water partition coefficient (Wildman–Crippen LogP) is 6.26. The van der Waals surface area contributed by atoms with E-state index in [0.717, 1.165) is 35.7 Å². The summed E-state index contributed by atoms with van der Waals surface area (Å²) >= 11 is 0. The van der Waals surface area contributed by atoms with Crippen LogP contribution >= 0.6 is 0 Å². The van der Waals surface area contributed by atoms with Crippen molar-refractivity contribution in [1.29, 1.82) is 0 Å². The van der Waals surface area contributed by atoms with Gasteiger partial charge in [-0.25, -0.2) is 0 Å². The highest BCUT2D eigenvalue weighted by molar-refractivity contribution is 5.88. The molecule has 2 aromatic heterocycles. The molecule has 0 aliphatic rings. The van der Waals surface area contributed by atoms with Crippen LogP contribution in [0.3, 0.4) is 0 Å². The molecule has 0 bridgehead atoms. The predicted molar refractivity (Wildman–Crippen MR) is 149 cm³/mol. The summed E-state index contributed by atoms with van der Waals surface area (Å²) in [5, 5.41) is 5.92. The molecule has 35 heavy (non-hydrogen) atoms. The summed E-state index contributed by atoms with van der Waals surface area (Å²) in [4.78, 5) is 9.24. The summed E-state index contributed by atoms with van der Waals surface area (Å²) in [6.07, 6.45) is 11.1. The highest BCUT2D eigenvalue weighted by Crippen LogP contribution is 2.23. The number of aryl methyl sites for hydroxylation is 3. The van der Waals surface area contributed by atoms with Crippen molar-refractivity contribution in [2.75, 3.05) is 0 Å². The largest absolute Gasteiger partial charge is 0.264 e. The second kappa shape index (κ2) is 10.1. The van der Waals surface area contributed by atoms with Crippen LogP contribution in [0.25, 0.3) is 34.3 Å².